The van der Waals surface area contributed by atoms with Crippen LogP contribution in [0, 0.1) is 10.1 Å². The molecule has 8 heteroatoms. The number of nitro benzene ring substituents is 1. The second kappa shape index (κ2) is 5.19. The van der Waals surface area contributed by atoms with E-state index in [1.165, 1.54) is 30.5 Å². The molecule has 0 unspecified atom stereocenters. The minimum atomic E-state index is -0.525. The number of non-ortho nitro benzene ring substituents is 1. The molecule has 0 aliphatic carbocycles. The van der Waals surface area contributed by atoms with Gasteiger partial charge in [-0.2, -0.15) is 0 Å². The molecule has 0 amide bonds. The molecule has 0 radical (unpaired) electrons. The summed E-state index contributed by atoms with van der Waals surface area (Å²) < 4.78 is 0. The van der Waals surface area contributed by atoms with Gasteiger partial charge in [0, 0.05) is 29.3 Å². The molecule has 1 aromatic heterocycles. The first-order valence-corrected chi connectivity index (χ1v) is 5.93. The summed E-state index contributed by atoms with van der Waals surface area (Å²) in [6, 6.07) is 5.40. The highest BCUT2D eigenvalue weighted by Crippen LogP contribution is 2.33. The van der Waals surface area contributed by atoms with Gasteiger partial charge in [-0.05, 0) is 6.07 Å². The van der Waals surface area contributed by atoms with Crippen molar-refractivity contribution < 1.29 is 4.92 Å². The molecule has 2 aromatic rings. The van der Waals surface area contributed by atoms with Crippen LogP contribution in [0.5, 0.6) is 0 Å². The molecule has 18 heavy (non-hydrogen) atoms. The van der Waals surface area contributed by atoms with Crippen LogP contribution in [0.4, 0.5) is 5.69 Å². The number of halogens is 1. The Morgan fingerprint density at radius 2 is 2.17 bits per heavy atom. The van der Waals surface area contributed by atoms with Gasteiger partial charge in [0.15, 0.2) is 5.16 Å². The highest BCUT2D eigenvalue weighted by Gasteiger charge is 2.11. The van der Waals surface area contributed by atoms with Crippen LogP contribution in [0.25, 0.3) is 0 Å². The minimum Gasteiger partial charge on any atom is -0.301 e. The van der Waals surface area contributed by atoms with E-state index in [2.05, 4.69) is 9.97 Å². The lowest BCUT2D eigenvalue weighted by molar-refractivity contribution is -0.384. The molecule has 0 saturated heterocycles. The predicted molar refractivity (Wildman–Crippen MR) is 67.1 cm³/mol. The Bertz CT molecular complexity index is 659. The van der Waals surface area contributed by atoms with Gasteiger partial charge in [-0.1, -0.05) is 23.4 Å². The molecule has 0 atom stereocenters. The van der Waals surface area contributed by atoms with Gasteiger partial charge in [0.2, 0.25) is 0 Å². The van der Waals surface area contributed by atoms with E-state index in [1.807, 2.05) is 0 Å². The maximum absolute atomic E-state index is 11.1. The van der Waals surface area contributed by atoms with Crippen LogP contribution in [0.1, 0.15) is 0 Å². The maximum atomic E-state index is 11.1. The Morgan fingerprint density at radius 1 is 1.39 bits per heavy atom. The van der Waals surface area contributed by atoms with Crippen LogP contribution in [0.3, 0.4) is 0 Å². The van der Waals surface area contributed by atoms with Gasteiger partial charge >= 0.3 is 0 Å². The van der Waals surface area contributed by atoms with Crippen LogP contribution in [0.2, 0.25) is 5.02 Å². The summed E-state index contributed by atoms with van der Waals surface area (Å²) in [6.45, 7) is 0. The van der Waals surface area contributed by atoms with Gasteiger partial charge in [-0.25, -0.2) is 4.98 Å². The number of hydrogen-bond donors (Lipinski definition) is 1. The Balaban J connectivity index is 2.30. The predicted octanol–water partition coefficient (Wildman–Crippen LogP) is 2.48. The van der Waals surface area contributed by atoms with Crippen molar-refractivity contribution in [1.82, 2.24) is 9.97 Å². The van der Waals surface area contributed by atoms with Crippen LogP contribution in [-0.2, 0) is 0 Å². The van der Waals surface area contributed by atoms with E-state index in [0.29, 0.717) is 10.1 Å². The molecule has 1 heterocycles. The fourth-order valence-corrected chi connectivity index (χ4v) is 2.25. The summed E-state index contributed by atoms with van der Waals surface area (Å²) in [5, 5.41) is 11.2. The lowest BCUT2D eigenvalue weighted by atomic mass is 10.3. The van der Waals surface area contributed by atoms with Gasteiger partial charge in [0.05, 0.1) is 9.95 Å². The number of nitrogens with zero attached hydrogens (tertiary/aromatic N) is 2. The fourth-order valence-electron chi connectivity index (χ4n) is 1.19. The quantitative estimate of drug-likeness (QED) is 0.531. The van der Waals surface area contributed by atoms with E-state index in [4.69, 9.17) is 11.6 Å². The van der Waals surface area contributed by atoms with E-state index in [-0.39, 0.29) is 16.3 Å². The van der Waals surface area contributed by atoms with Crippen LogP contribution in [0.15, 0.2) is 45.3 Å². The van der Waals surface area contributed by atoms with E-state index in [0.717, 1.165) is 11.8 Å². The number of hydrogen-bond acceptors (Lipinski definition) is 5. The van der Waals surface area contributed by atoms with Crippen molar-refractivity contribution in [3.63, 3.8) is 0 Å². The average molecular weight is 284 g/mol. The SMILES string of the molecule is O=c1ccnc(Sc2ccc([N+](=O)[O-])cc2Cl)[nH]1. The number of benzene rings is 1. The Labute approximate surface area is 110 Å². The molecule has 0 saturated carbocycles. The molecule has 0 aliphatic rings. The standard InChI is InChI=1S/C10H6ClN3O3S/c11-7-5-6(14(16)17)1-2-8(7)18-10-12-4-3-9(15)13-10/h1-5H,(H,12,13,15). The van der Waals surface area contributed by atoms with Crippen molar-refractivity contribution in [2.24, 2.45) is 0 Å². The van der Waals surface area contributed by atoms with E-state index < -0.39 is 4.92 Å². The second-order valence-corrected chi connectivity index (χ2v) is 4.65. The highest BCUT2D eigenvalue weighted by molar-refractivity contribution is 7.99. The molecule has 1 aromatic carbocycles. The molecule has 92 valence electrons. The topological polar surface area (TPSA) is 88.9 Å². The molecular weight excluding hydrogens is 278 g/mol. The van der Waals surface area contributed by atoms with E-state index in [1.54, 1.807) is 0 Å². The van der Waals surface area contributed by atoms with Crippen molar-refractivity contribution in [3.05, 3.63) is 56.0 Å². The number of aromatic amines is 1. The second-order valence-electron chi connectivity index (χ2n) is 3.21. The average Bonchev–Trinajstić information content (AvgIpc) is 2.31. The van der Waals surface area contributed by atoms with Gasteiger partial charge < -0.3 is 4.98 Å². The van der Waals surface area contributed by atoms with Crippen molar-refractivity contribution in [2.75, 3.05) is 0 Å². The molecule has 0 aliphatic heterocycles. The zero-order chi connectivity index (χ0) is 13.1. The normalized spacial score (nSPS) is 10.3. The number of H-pyrrole nitrogens is 1. The number of aromatic nitrogens is 2. The number of nitrogens with one attached hydrogen (secondary N) is 1. The van der Waals surface area contributed by atoms with Crippen molar-refractivity contribution in [1.29, 1.82) is 0 Å². The smallest absolute Gasteiger partial charge is 0.270 e. The van der Waals surface area contributed by atoms with Gasteiger partial charge in [0.1, 0.15) is 0 Å². The van der Waals surface area contributed by atoms with Crippen molar-refractivity contribution in [2.45, 2.75) is 10.1 Å². The van der Waals surface area contributed by atoms with Crippen molar-refractivity contribution >= 4 is 29.1 Å². The first kappa shape index (κ1) is 12.6. The zero-order valence-electron chi connectivity index (χ0n) is 8.79. The van der Waals surface area contributed by atoms with Gasteiger partial charge in [-0.3, -0.25) is 14.9 Å². The third-order valence-electron chi connectivity index (χ3n) is 1.98. The number of nitro groups is 1. The Kier molecular flexibility index (Phi) is 3.63. The maximum Gasteiger partial charge on any atom is 0.270 e. The monoisotopic (exact) mass is 283 g/mol. The molecule has 1 N–H and O–H groups in total. The molecular formula is C10H6ClN3O3S. The first-order valence-electron chi connectivity index (χ1n) is 4.73. The lowest BCUT2D eigenvalue weighted by Gasteiger charge is -2.02. The van der Waals surface area contributed by atoms with E-state index >= 15 is 0 Å². The summed E-state index contributed by atoms with van der Waals surface area (Å²) >= 11 is 7.05. The summed E-state index contributed by atoms with van der Waals surface area (Å²) in [5.41, 5.74) is -0.357. The molecule has 0 spiro atoms. The third-order valence-corrected chi connectivity index (χ3v) is 3.38. The molecule has 0 fully saturated rings. The largest absolute Gasteiger partial charge is 0.301 e. The highest BCUT2D eigenvalue weighted by atomic mass is 35.5. The van der Waals surface area contributed by atoms with E-state index in [9.17, 15) is 14.9 Å². The summed E-state index contributed by atoms with van der Waals surface area (Å²) in [6.07, 6.45) is 1.38. The van der Waals surface area contributed by atoms with Crippen LogP contribution in [-0.4, -0.2) is 14.9 Å². The zero-order valence-corrected chi connectivity index (χ0v) is 10.4. The van der Waals surface area contributed by atoms with Crippen LogP contribution < -0.4 is 5.56 Å². The van der Waals surface area contributed by atoms with Gasteiger partial charge in [-0.15, -0.1) is 0 Å². The number of rotatable bonds is 3. The lowest BCUT2D eigenvalue weighted by Crippen LogP contribution is -2.04. The molecule has 6 nitrogen and oxygen atoms in total. The summed E-state index contributed by atoms with van der Waals surface area (Å²) in [4.78, 5) is 28.2. The Morgan fingerprint density at radius 3 is 2.78 bits per heavy atom. The molecule has 0 bridgehead atoms. The summed E-state index contributed by atoms with van der Waals surface area (Å²) in [7, 11) is 0. The first-order chi connectivity index (χ1) is 8.56. The van der Waals surface area contributed by atoms with Crippen molar-refractivity contribution in [3.8, 4) is 0 Å². The van der Waals surface area contributed by atoms with Crippen LogP contribution >= 0.6 is 23.4 Å². The molecule has 2 rings (SSSR count). The fraction of sp³-hybridized carbons (Fsp3) is 0. The summed E-state index contributed by atoms with van der Waals surface area (Å²) in [5.74, 6) is 0. The van der Waals surface area contributed by atoms with Gasteiger partial charge in [0.25, 0.3) is 11.2 Å². The third kappa shape index (κ3) is 2.88. The minimum absolute atomic E-state index is 0.0844. The Hall–Kier alpha value is -1.86.